The van der Waals surface area contributed by atoms with Gasteiger partial charge in [-0.1, -0.05) is 45.6 Å². The molecule has 0 saturated carbocycles. The quantitative estimate of drug-likeness (QED) is 0.595. The molecular formula is C12H27N3O2S2Si. The summed E-state index contributed by atoms with van der Waals surface area (Å²) >= 11 is 1.28. The summed E-state index contributed by atoms with van der Waals surface area (Å²) < 4.78 is 19.1. The van der Waals surface area contributed by atoms with Crippen molar-refractivity contribution in [2.24, 2.45) is 5.14 Å². The van der Waals surface area contributed by atoms with Crippen molar-refractivity contribution >= 4 is 29.8 Å². The predicted molar refractivity (Wildman–Crippen MR) is 90.1 cm³/mol. The molecule has 0 fully saturated rings. The maximum atomic E-state index is 11.8. The van der Waals surface area contributed by atoms with E-state index >= 15 is 0 Å². The molecule has 1 aliphatic heterocycles. The monoisotopic (exact) mass is 337 g/mol. The Balaban J connectivity index is 3.41. The molecule has 8 heteroatoms. The van der Waals surface area contributed by atoms with Crippen molar-refractivity contribution in [1.29, 1.82) is 4.78 Å². The fourth-order valence-electron chi connectivity index (χ4n) is 2.42. The standard InChI is InChI=1S/C12H27N3O2S2Si/c1-10(2,3)20(6,7)12(11(4,5)16)15-8-9(18-12)19(13,14)17/h8,15-16H,1-7H3,(H3,13,14,17). The molecule has 0 aromatic rings. The highest BCUT2D eigenvalue weighted by Gasteiger charge is 2.63. The van der Waals surface area contributed by atoms with Crippen LogP contribution >= 0.6 is 11.8 Å². The lowest BCUT2D eigenvalue weighted by atomic mass is 10.1. The summed E-state index contributed by atoms with van der Waals surface area (Å²) in [5.41, 5.74) is -1.04. The van der Waals surface area contributed by atoms with Gasteiger partial charge in [-0.15, -0.1) is 0 Å². The minimum Gasteiger partial charge on any atom is -0.387 e. The van der Waals surface area contributed by atoms with Crippen molar-refractivity contribution in [2.75, 3.05) is 0 Å². The summed E-state index contributed by atoms with van der Waals surface area (Å²) in [6.45, 7) is 14.4. The lowest BCUT2D eigenvalue weighted by Gasteiger charge is -2.55. The molecule has 2 atom stereocenters. The van der Waals surface area contributed by atoms with Crippen molar-refractivity contribution < 1.29 is 9.32 Å². The van der Waals surface area contributed by atoms with Gasteiger partial charge in [0.25, 0.3) is 0 Å². The van der Waals surface area contributed by atoms with Crippen LogP contribution in [-0.2, 0) is 9.92 Å². The zero-order valence-corrected chi connectivity index (χ0v) is 16.0. The molecule has 0 spiro atoms. The first kappa shape index (κ1) is 18.0. The van der Waals surface area contributed by atoms with Gasteiger partial charge in [-0.2, -0.15) is 0 Å². The predicted octanol–water partition coefficient (Wildman–Crippen LogP) is 2.56. The molecule has 0 amide bonds. The van der Waals surface area contributed by atoms with E-state index in [1.807, 2.05) is 0 Å². The first-order chi connectivity index (χ1) is 8.56. The summed E-state index contributed by atoms with van der Waals surface area (Å²) in [5, 5.41) is 19.5. The van der Waals surface area contributed by atoms with E-state index in [1.165, 1.54) is 11.8 Å². The Morgan fingerprint density at radius 1 is 1.40 bits per heavy atom. The molecule has 0 bridgehead atoms. The smallest absolute Gasteiger partial charge is 0.139 e. The zero-order chi connectivity index (χ0) is 16.2. The molecule has 1 aliphatic rings. The molecule has 5 N–H and O–H groups in total. The van der Waals surface area contributed by atoms with Gasteiger partial charge < -0.3 is 10.4 Å². The largest absolute Gasteiger partial charge is 0.387 e. The number of rotatable bonds is 3. The van der Waals surface area contributed by atoms with Gasteiger partial charge in [0.1, 0.15) is 18.6 Å². The average Bonchev–Trinajstić information content (AvgIpc) is 2.58. The van der Waals surface area contributed by atoms with Crippen LogP contribution in [0.15, 0.2) is 10.4 Å². The maximum absolute atomic E-state index is 11.8. The second-order valence-corrected chi connectivity index (χ2v) is 16.4. The molecule has 20 heavy (non-hydrogen) atoms. The first-order valence-electron chi connectivity index (χ1n) is 6.52. The Morgan fingerprint density at radius 2 is 1.85 bits per heavy atom. The SMILES string of the molecule is CC(C)(O)C1([Si](C)(C)C(C)(C)C)NC=C(S(=N)(N)=O)S1. The topological polar surface area (TPSA) is 99.2 Å². The molecule has 1 rings (SSSR count). The van der Waals surface area contributed by atoms with E-state index in [1.54, 1.807) is 20.0 Å². The van der Waals surface area contributed by atoms with E-state index in [0.29, 0.717) is 4.24 Å². The van der Waals surface area contributed by atoms with Crippen LogP contribution in [0.4, 0.5) is 0 Å². The average molecular weight is 338 g/mol. The number of nitrogens with one attached hydrogen (secondary N) is 2. The van der Waals surface area contributed by atoms with Crippen LogP contribution in [0.25, 0.3) is 0 Å². The lowest BCUT2D eigenvalue weighted by Crippen LogP contribution is -2.72. The van der Waals surface area contributed by atoms with E-state index in [0.717, 1.165) is 0 Å². The molecule has 1 heterocycles. The van der Waals surface area contributed by atoms with Crippen LogP contribution in [-0.4, -0.2) is 27.5 Å². The van der Waals surface area contributed by atoms with Crippen molar-refractivity contribution in [3.63, 3.8) is 0 Å². The van der Waals surface area contributed by atoms with Gasteiger partial charge in [-0.3, -0.25) is 0 Å². The highest BCUT2D eigenvalue weighted by Crippen LogP contribution is 2.56. The van der Waals surface area contributed by atoms with Crippen LogP contribution in [0.1, 0.15) is 34.6 Å². The van der Waals surface area contributed by atoms with Gasteiger partial charge in [-0.25, -0.2) is 14.1 Å². The van der Waals surface area contributed by atoms with Gasteiger partial charge in [0, 0.05) is 6.20 Å². The van der Waals surface area contributed by atoms with E-state index < -0.39 is 28.1 Å². The number of hydrogen-bond donors (Lipinski definition) is 4. The minimum absolute atomic E-state index is 0.00773. The lowest BCUT2D eigenvalue weighted by molar-refractivity contribution is 0.0534. The highest BCUT2D eigenvalue weighted by atomic mass is 32.3. The van der Waals surface area contributed by atoms with Gasteiger partial charge in [-0.05, 0) is 18.9 Å². The van der Waals surface area contributed by atoms with Gasteiger partial charge >= 0.3 is 0 Å². The van der Waals surface area contributed by atoms with Crippen LogP contribution < -0.4 is 10.5 Å². The van der Waals surface area contributed by atoms with Crippen molar-refractivity contribution in [3.05, 3.63) is 10.4 Å². The molecule has 0 radical (unpaired) electrons. The molecule has 0 saturated heterocycles. The number of aliphatic hydroxyl groups is 1. The normalized spacial score (nSPS) is 27.8. The van der Waals surface area contributed by atoms with E-state index in [2.05, 4.69) is 39.2 Å². The van der Waals surface area contributed by atoms with Gasteiger partial charge in [0.2, 0.25) is 0 Å². The summed E-state index contributed by atoms with van der Waals surface area (Å²) in [7, 11) is -5.36. The molecular weight excluding hydrogens is 310 g/mol. The Morgan fingerprint density at radius 3 is 2.10 bits per heavy atom. The Bertz CT molecular complexity index is 530. The third-order valence-electron chi connectivity index (χ3n) is 4.56. The molecule has 5 nitrogen and oxygen atoms in total. The molecule has 0 aromatic carbocycles. The summed E-state index contributed by atoms with van der Waals surface area (Å²) in [6, 6.07) is 0. The number of thioether (sulfide) groups is 1. The fraction of sp³-hybridized carbons (Fsp3) is 0.833. The summed E-state index contributed by atoms with van der Waals surface area (Å²) in [6.07, 6.45) is 1.55. The first-order valence-corrected chi connectivity index (χ1v) is 12.0. The molecule has 0 aliphatic carbocycles. The number of hydrogen-bond acceptors (Lipinski definition) is 5. The third-order valence-corrected chi connectivity index (χ3v) is 15.6. The van der Waals surface area contributed by atoms with Crippen LogP contribution in [0.2, 0.25) is 18.1 Å². The third kappa shape index (κ3) is 2.68. The summed E-state index contributed by atoms with van der Waals surface area (Å²) in [4.78, 5) is 0. The van der Waals surface area contributed by atoms with Crippen LogP contribution in [0.3, 0.4) is 0 Å². The molecule has 2 unspecified atom stereocenters. The second-order valence-electron chi connectivity index (χ2n) is 7.43. The van der Waals surface area contributed by atoms with Crippen molar-refractivity contribution in [2.45, 2.75) is 62.8 Å². The van der Waals surface area contributed by atoms with E-state index in [9.17, 15) is 9.32 Å². The Kier molecular flexibility index (Phi) is 4.27. The minimum atomic E-state index is -3.27. The zero-order valence-electron chi connectivity index (χ0n) is 13.3. The van der Waals surface area contributed by atoms with Gasteiger partial charge in [0.05, 0.1) is 13.7 Å². The number of nitrogens with two attached hydrogens (primary N) is 1. The molecule has 0 aromatic heterocycles. The van der Waals surface area contributed by atoms with Gasteiger partial charge in [0.15, 0.2) is 0 Å². The van der Waals surface area contributed by atoms with Crippen LogP contribution in [0, 0.1) is 4.78 Å². The highest BCUT2D eigenvalue weighted by molar-refractivity contribution is 8.20. The van der Waals surface area contributed by atoms with E-state index in [4.69, 9.17) is 9.92 Å². The Labute approximate surface area is 127 Å². The van der Waals surface area contributed by atoms with E-state index in [-0.39, 0.29) is 5.04 Å². The maximum Gasteiger partial charge on any atom is 0.139 e. The van der Waals surface area contributed by atoms with Crippen LogP contribution in [0.5, 0.6) is 0 Å². The fourth-order valence-corrected chi connectivity index (χ4v) is 9.82. The van der Waals surface area contributed by atoms with Crippen molar-refractivity contribution in [3.8, 4) is 0 Å². The van der Waals surface area contributed by atoms with Crippen molar-refractivity contribution in [1.82, 2.24) is 5.32 Å². The summed E-state index contributed by atoms with van der Waals surface area (Å²) in [5.74, 6) is 0. The second kappa shape index (κ2) is 4.74. The molecule has 118 valence electrons. The Hall–Kier alpha value is -0.0231.